The zero-order chi connectivity index (χ0) is 15.5. The largest absolute Gasteiger partial charge is 0.385 e. The lowest BCUT2D eigenvalue weighted by Crippen LogP contribution is -2.43. The Morgan fingerprint density at radius 3 is 2.48 bits per heavy atom. The second-order valence-corrected chi connectivity index (χ2v) is 5.43. The van der Waals surface area contributed by atoms with Gasteiger partial charge in [0.05, 0.1) is 6.10 Å². The molecule has 3 N–H and O–H groups in total. The fraction of sp³-hybridized carbons (Fsp3) is 0.769. The predicted molar refractivity (Wildman–Crippen MR) is 81.8 cm³/mol. The highest BCUT2D eigenvalue weighted by atomic mass is 16.5. The summed E-state index contributed by atoms with van der Waals surface area (Å²) >= 11 is 0. The van der Waals surface area contributed by atoms with Crippen LogP contribution in [-0.2, 0) is 4.74 Å². The van der Waals surface area contributed by atoms with Gasteiger partial charge >= 0.3 is 0 Å². The fourth-order valence-electron chi connectivity index (χ4n) is 2.12. The SMILES string of the molecule is CCNc1nc(NCC2(O)CCOC2C)nc(N(C)C)n1. The Morgan fingerprint density at radius 2 is 1.95 bits per heavy atom. The lowest BCUT2D eigenvalue weighted by atomic mass is 9.97. The minimum atomic E-state index is -0.886. The van der Waals surface area contributed by atoms with E-state index in [2.05, 4.69) is 25.6 Å². The van der Waals surface area contributed by atoms with E-state index in [-0.39, 0.29) is 6.10 Å². The number of aromatic nitrogens is 3. The number of rotatable bonds is 6. The van der Waals surface area contributed by atoms with E-state index in [1.807, 2.05) is 32.8 Å². The van der Waals surface area contributed by atoms with Crippen molar-refractivity contribution in [2.45, 2.75) is 32.0 Å². The first-order chi connectivity index (χ1) is 9.94. The van der Waals surface area contributed by atoms with Gasteiger partial charge in [0.1, 0.15) is 5.60 Å². The molecule has 1 fully saturated rings. The molecular weight excluding hydrogens is 272 g/mol. The second-order valence-electron chi connectivity index (χ2n) is 5.43. The summed E-state index contributed by atoms with van der Waals surface area (Å²) in [6.45, 7) is 5.49. The third-order valence-corrected chi connectivity index (χ3v) is 3.57. The average molecular weight is 296 g/mol. The van der Waals surface area contributed by atoms with Gasteiger partial charge in [-0.3, -0.25) is 0 Å². The second kappa shape index (κ2) is 6.40. The number of nitrogens with zero attached hydrogens (tertiary/aromatic N) is 4. The molecule has 1 saturated heterocycles. The number of anilines is 3. The first-order valence-corrected chi connectivity index (χ1v) is 7.20. The van der Waals surface area contributed by atoms with Crippen molar-refractivity contribution < 1.29 is 9.84 Å². The van der Waals surface area contributed by atoms with E-state index in [0.717, 1.165) is 6.54 Å². The standard InChI is InChI=1S/C13H24N6O2/c1-5-14-10-16-11(18-12(17-10)19(3)4)15-8-13(20)6-7-21-9(13)2/h9,20H,5-8H2,1-4H3,(H2,14,15,16,17,18). The van der Waals surface area contributed by atoms with Crippen LogP contribution in [0.1, 0.15) is 20.3 Å². The summed E-state index contributed by atoms with van der Waals surface area (Å²) in [6, 6.07) is 0. The molecule has 118 valence electrons. The summed E-state index contributed by atoms with van der Waals surface area (Å²) in [7, 11) is 3.74. The van der Waals surface area contributed by atoms with Gasteiger partial charge < -0.3 is 25.4 Å². The van der Waals surface area contributed by atoms with E-state index in [4.69, 9.17) is 4.74 Å². The molecule has 0 radical (unpaired) electrons. The molecule has 2 atom stereocenters. The van der Waals surface area contributed by atoms with Crippen LogP contribution in [0.3, 0.4) is 0 Å². The van der Waals surface area contributed by atoms with Gasteiger partial charge in [-0.05, 0) is 13.8 Å². The third-order valence-electron chi connectivity index (χ3n) is 3.57. The van der Waals surface area contributed by atoms with E-state index in [1.54, 1.807) is 0 Å². The van der Waals surface area contributed by atoms with Crippen LogP contribution in [0.15, 0.2) is 0 Å². The highest BCUT2D eigenvalue weighted by Crippen LogP contribution is 2.25. The molecule has 0 spiro atoms. The van der Waals surface area contributed by atoms with Crippen molar-refractivity contribution in [2.75, 3.05) is 49.3 Å². The minimum absolute atomic E-state index is 0.201. The van der Waals surface area contributed by atoms with Gasteiger partial charge in [-0.1, -0.05) is 0 Å². The molecule has 0 amide bonds. The fourth-order valence-corrected chi connectivity index (χ4v) is 2.12. The average Bonchev–Trinajstić information content (AvgIpc) is 2.77. The van der Waals surface area contributed by atoms with Crippen LogP contribution in [0.25, 0.3) is 0 Å². The van der Waals surface area contributed by atoms with Gasteiger partial charge in [-0.15, -0.1) is 0 Å². The first-order valence-electron chi connectivity index (χ1n) is 7.20. The van der Waals surface area contributed by atoms with Gasteiger partial charge in [0.2, 0.25) is 17.8 Å². The summed E-state index contributed by atoms with van der Waals surface area (Å²) in [6.07, 6.45) is 0.403. The van der Waals surface area contributed by atoms with Crippen molar-refractivity contribution in [3.05, 3.63) is 0 Å². The number of nitrogens with one attached hydrogen (secondary N) is 2. The number of hydrogen-bond acceptors (Lipinski definition) is 8. The van der Waals surface area contributed by atoms with Crippen LogP contribution < -0.4 is 15.5 Å². The molecule has 0 aliphatic carbocycles. The van der Waals surface area contributed by atoms with Gasteiger partial charge in [-0.2, -0.15) is 15.0 Å². The van der Waals surface area contributed by atoms with Crippen molar-refractivity contribution in [3.63, 3.8) is 0 Å². The number of ether oxygens (including phenoxy) is 1. The van der Waals surface area contributed by atoms with E-state index in [1.165, 1.54) is 0 Å². The maximum atomic E-state index is 10.5. The maximum absolute atomic E-state index is 10.5. The van der Waals surface area contributed by atoms with Crippen LogP contribution in [-0.4, -0.2) is 65.6 Å². The van der Waals surface area contributed by atoms with E-state index in [9.17, 15) is 5.11 Å². The highest BCUT2D eigenvalue weighted by Gasteiger charge is 2.39. The smallest absolute Gasteiger partial charge is 0.231 e. The lowest BCUT2D eigenvalue weighted by molar-refractivity contribution is -0.0176. The van der Waals surface area contributed by atoms with E-state index in [0.29, 0.717) is 37.4 Å². The van der Waals surface area contributed by atoms with Crippen LogP contribution in [0.5, 0.6) is 0 Å². The predicted octanol–water partition coefficient (Wildman–Crippen LogP) is 0.321. The maximum Gasteiger partial charge on any atom is 0.231 e. The van der Waals surface area contributed by atoms with Gasteiger partial charge in [0.15, 0.2) is 0 Å². The lowest BCUT2D eigenvalue weighted by Gasteiger charge is -2.26. The first kappa shape index (κ1) is 15.7. The molecule has 2 heterocycles. The van der Waals surface area contributed by atoms with Crippen molar-refractivity contribution in [1.29, 1.82) is 0 Å². The molecule has 0 aromatic carbocycles. The molecule has 21 heavy (non-hydrogen) atoms. The molecule has 1 aliphatic rings. The topological polar surface area (TPSA) is 95.4 Å². The molecule has 0 bridgehead atoms. The Kier molecular flexibility index (Phi) is 4.79. The molecule has 8 nitrogen and oxygen atoms in total. The van der Waals surface area contributed by atoms with Gasteiger partial charge in [0, 0.05) is 40.2 Å². The summed E-state index contributed by atoms with van der Waals surface area (Å²) in [5.74, 6) is 1.52. The molecule has 8 heteroatoms. The molecule has 2 rings (SSSR count). The van der Waals surface area contributed by atoms with Crippen LogP contribution >= 0.6 is 0 Å². The zero-order valence-corrected chi connectivity index (χ0v) is 13.1. The zero-order valence-electron chi connectivity index (χ0n) is 13.1. The summed E-state index contributed by atoms with van der Waals surface area (Å²) in [5.41, 5.74) is -0.886. The molecular formula is C13H24N6O2. The Hall–Kier alpha value is -1.67. The number of aliphatic hydroxyl groups is 1. The van der Waals surface area contributed by atoms with E-state index >= 15 is 0 Å². The van der Waals surface area contributed by atoms with Crippen molar-refractivity contribution in [1.82, 2.24) is 15.0 Å². The summed E-state index contributed by atoms with van der Waals surface area (Å²) < 4.78 is 5.42. The van der Waals surface area contributed by atoms with Crippen molar-refractivity contribution >= 4 is 17.8 Å². The van der Waals surface area contributed by atoms with Crippen LogP contribution in [0.2, 0.25) is 0 Å². The van der Waals surface area contributed by atoms with Crippen molar-refractivity contribution in [3.8, 4) is 0 Å². The molecule has 1 aromatic heterocycles. The van der Waals surface area contributed by atoms with Crippen LogP contribution in [0.4, 0.5) is 17.8 Å². The van der Waals surface area contributed by atoms with Crippen molar-refractivity contribution in [2.24, 2.45) is 0 Å². The third kappa shape index (κ3) is 3.70. The van der Waals surface area contributed by atoms with Gasteiger partial charge in [0.25, 0.3) is 0 Å². The quantitative estimate of drug-likeness (QED) is 0.691. The Morgan fingerprint density at radius 1 is 1.29 bits per heavy atom. The Bertz CT molecular complexity index is 484. The minimum Gasteiger partial charge on any atom is -0.385 e. The summed E-state index contributed by atoms with van der Waals surface area (Å²) in [5, 5.41) is 16.7. The van der Waals surface area contributed by atoms with Gasteiger partial charge in [-0.25, -0.2) is 0 Å². The Labute approximate surface area is 125 Å². The number of hydrogen-bond donors (Lipinski definition) is 3. The molecule has 1 aromatic rings. The highest BCUT2D eigenvalue weighted by molar-refractivity contribution is 5.43. The monoisotopic (exact) mass is 296 g/mol. The van der Waals surface area contributed by atoms with E-state index < -0.39 is 5.60 Å². The molecule has 1 aliphatic heterocycles. The molecule has 0 saturated carbocycles. The summed E-state index contributed by atoms with van der Waals surface area (Å²) in [4.78, 5) is 14.7. The van der Waals surface area contributed by atoms with Crippen LogP contribution in [0, 0.1) is 0 Å². The normalized spacial score (nSPS) is 24.9. The molecule has 2 unspecified atom stereocenters. The Balaban J connectivity index is 2.11.